The monoisotopic (exact) mass is 204 g/mol. The van der Waals surface area contributed by atoms with Crippen LogP contribution < -0.4 is 4.74 Å². The van der Waals surface area contributed by atoms with Crippen LogP contribution in [0.5, 0.6) is 5.75 Å². The Labute approximate surface area is 77.8 Å². The molecule has 0 spiro atoms. The van der Waals surface area contributed by atoms with Gasteiger partial charge < -0.3 is 9.29 Å². The number of rotatable bonds is 4. The second kappa shape index (κ2) is 4.94. The topological polar surface area (TPSA) is 46.5 Å². The Kier molecular flexibility index (Phi) is 3.85. The average molecular weight is 204 g/mol. The maximum atomic E-state index is 11.7. The van der Waals surface area contributed by atoms with E-state index in [1.165, 1.54) is 24.3 Å². The Morgan fingerprint density at radius 1 is 1.38 bits per heavy atom. The molecule has 1 rings (SSSR count). The molecular weight excluding hydrogens is 195 g/mol. The predicted octanol–water partition coefficient (Wildman–Crippen LogP) is 1.62. The molecule has 0 aromatic heterocycles. The number of hydrogen-bond acceptors (Lipinski definition) is 2. The normalized spacial score (nSPS) is 12.5. The third-order valence-electron chi connectivity index (χ3n) is 1.37. The number of benzene rings is 1. The molecule has 0 saturated carbocycles. The highest BCUT2D eigenvalue weighted by Gasteiger charge is 1.99. The minimum atomic E-state index is -1.97. The first-order valence-corrected chi connectivity index (χ1v) is 4.74. The highest BCUT2D eigenvalue weighted by atomic mass is 32.2. The van der Waals surface area contributed by atoms with Crippen molar-refractivity contribution in [3.05, 3.63) is 24.3 Å². The van der Waals surface area contributed by atoms with E-state index in [0.29, 0.717) is 10.6 Å². The number of alkyl halides is 1. The first-order chi connectivity index (χ1) is 6.24. The first-order valence-electron chi connectivity index (χ1n) is 3.63. The average Bonchev–Trinajstić information content (AvgIpc) is 2.15. The van der Waals surface area contributed by atoms with Crippen molar-refractivity contribution in [2.75, 3.05) is 13.3 Å². The second-order valence-electron chi connectivity index (χ2n) is 2.26. The summed E-state index contributed by atoms with van der Waals surface area (Å²) in [4.78, 5) is 0.299. The molecule has 1 aromatic rings. The number of ether oxygens (including phenoxy) is 1. The second-order valence-corrected chi connectivity index (χ2v) is 3.23. The zero-order valence-corrected chi connectivity index (χ0v) is 7.59. The van der Waals surface area contributed by atoms with Gasteiger partial charge in [0.05, 0.1) is 4.90 Å². The number of hydrogen-bond donors (Lipinski definition) is 1. The summed E-state index contributed by atoms with van der Waals surface area (Å²) >= 11 is -1.97. The van der Waals surface area contributed by atoms with Crippen LogP contribution in [0.25, 0.3) is 0 Å². The highest BCUT2D eigenvalue weighted by molar-refractivity contribution is 7.79. The molecule has 0 saturated heterocycles. The van der Waals surface area contributed by atoms with Crippen LogP contribution in [0, 0.1) is 0 Å². The van der Waals surface area contributed by atoms with Gasteiger partial charge in [-0.2, -0.15) is 0 Å². The van der Waals surface area contributed by atoms with Crippen LogP contribution in [0.15, 0.2) is 29.2 Å². The van der Waals surface area contributed by atoms with Crippen molar-refractivity contribution in [3.63, 3.8) is 0 Å². The van der Waals surface area contributed by atoms with E-state index in [1.807, 2.05) is 0 Å². The zero-order chi connectivity index (χ0) is 9.68. The summed E-state index contributed by atoms with van der Waals surface area (Å²) in [6, 6.07) is 5.98. The molecule has 0 heterocycles. The van der Waals surface area contributed by atoms with E-state index in [4.69, 9.17) is 9.29 Å². The predicted molar refractivity (Wildman–Crippen MR) is 46.9 cm³/mol. The molecule has 0 aliphatic heterocycles. The standard InChI is InChI=1S/C8H9FO3S/c9-5-6-12-7-1-3-8(4-2-7)13(10)11/h1-4H,5-6H2,(H,10,11). The first kappa shape index (κ1) is 10.1. The lowest BCUT2D eigenvalue weighted by molar-refractivity contribution is 0.273. The largest absolute Gasteiger partial charge is 0.491 e. The molecule has 0 fully saturated rings. The summed E-state index contributed by atoms with van der Waals surface area (Å²) in [5.41, 5.74) is 0. The molecule has 5 heteroatoms. The molecule has 3 nitrogen and oxygen atoms in total. The molecule has 0 aliphatic carbocycles. The molecule has 0 aliphatic rings. The Morgan fingerprint density at radius 3 is 2.46 bits per heavy atom. The van der Waals surface area contributed by atoms with Gasteiger partial charge in [0.2, 0.25) is 0 Å². The van der Waals surface area contributed by atoms with Crippen molar-refractivity contribution in [3.8, 4) is 5.75 Å². The smallest absolute Gasteiger partial charge is 0.186 e. The maximum Gasteiger partial charge on any atom is 0.186 e. The van der Waals surface area contributed by atoms with E-state index in [-0.39, 0.29) is 6.61 Å². The molecular formula is C8H9FO3S. The van der Waals surface area contributed by atoms with E-state index in [2.05, 4.69) is 0 Å². The van der Waals surface area contributed by atoms with Gasteiger partial charge in [0.25, 0.3) is 0 Å². The van der Waals surface area contributed by atoms with Crippen LogP contribution in [0.3, 0.4) is 0 Å². The Morgan fingerprint density at radius 2 is 2.00 bits per heavy atom. The fourth-order valence-electron chi connectivity index (χ4n) is 0.809. The number of halogens is 1. The van der Waals surface area contributed by atoms with E-state index < -0.39 is 17.8 Å². The van der Waals surface area contributed by atoms with E-state index >= 15 is 0 Å². The summed E-state index contributed by atoms with van der Waals surface area (Å²) in [6.07, 6.45) is 0. The van der Waals surface area contributed by atoms with Gasteiger partial charge in [-0.15, -0.1) is 0 Å². The van der Waals surface area contributed by atoms with Crippen LogP contribution in [-0.4, -0.2) is 22.0 Å². The minimum absolute atomic E-state index is 0.00155. The molecule has 1 atom stereocenters. The third kappa shape index (κ3) is 3.12. The quantitative estimate of drug-likeness (QED) is 0.758. The Bertz CT molecular complexity index is 286. The summed E-state index contributed by atoms with van der Waals surface area (Å²) in [7, 11) is 0. The lowest BCUT2D eigenvalue weighted by Crippen LogP contribution is -1.98. The molecule has 0 radical (unpaired) electrons. The summed E-state index contributed by atoms with van der Waals surface area (Å²) < 4.78 is 35.8. The Hall–Kier alpha value is -0.940. The van der Waals surface area contributed by atoms with Crippen molar-refractivity contribution >= 4 is 11.1 Å². The van der Waals surface area contributed by atoms with Crippen molar-refractivity contribution < 1.29 is 17.9 Å². The van der Waals surface area contributed by atoms with Crippen LogP contribution in [-0.2, 0) is 11.1 Å². The lowest BCUT2D eigenvalue weighted by atomic mass is 10.3. The fraction of sp³-hybridized carbons (Fsp3) is 0.250. The molecule has 1 aromatic carbocycles. The lowest BCUT2D eigenvalue weighted by Gasteiger charge is -2.02. The van der Waals surface area contributed by atoms with Crippen LogP contribution in [0.1, 0.15) is 0 Å². The molecule has 1 unspecified atom stereocenters. The van der Waals surface area contributed by atoms with E-state index in [1.54, 1.807) is 0 Å². The molecule has 0 bridgehead atoms. The van der Waals surface area contributed by atoms with E-state index in [0.717, 1.165) is 0 Å². The molecule has 13 heavy (non-hydrogen) atoms. The minimum Gasteiger partial charge on any atom is -0.491 e. The van der Waals surface area contributed by atoms with Crippen LogP contribution >= 0.6 is 0 Å². The van der Waals surface area contributed by atoms with Gasteiger partial charge in [-0.1, -0.05) is 0 Å². The highest BCUT2D eigenvalue weighted by Crippen LogP contribution is 2.13. The molecule has 1 N–H and O–H groups in total. The Balaban J connectivity index is 2.64. The van der Waals surface area contributed by atoms with Gasteiger partial charge in [-0.05, 0) is 24.3 Å². The van der Waals surface area contributed by atoms with Gasteiger partial charge in [0, 0.05) is 0 Å². The summed E-state index contributed by atoms with van der Waals surface area (Å²) in [6.45, 7) is -0.546. The van der Waals surface area contributed by atoms with Gasteiger partial charge >= 0.3 is 0 Å². The SMILES string of the molecule is O=S(O)c1ccc(OCCF)cc1. The van der Waals surface area contributed by atoms with Crippen molar-refractivity contribution in [2.24, 2.45) is 0 Å². The van der Waals surface area contributed by atoms with Crippen molar-refractivity contribution in [1.82, 2.24) is 0 Å². The van der Waals surface area contributed by atoms with Gasteiger partial charge in [0.15, 0.2) is 11.1 Å². The molecule has 0 amide bonds. The van der Waals surface area contributed by atoms with Gasteiger partial charge in [0.1, 0.15) is 19.0 Å². The van der Waals surface area contributed by atoms with Crippen LogP contribution in [0.4, 0.5) is 4.39 Å². The fourth-order valence-corrected chi connectivity index (χ4v) is 1.18. The summed E-state index contributed by atoms with van der Waals surface area (Å²) in [5, 5.41) is 0. The summed E-state index contributed by atoms with van der Waals surface area (Å²) in [5.74, 6) is 0.492. The third-order valence-corrected chi connectivity index (χ3v) is 2.05. The molecule has 72 valence electrons. The van der Waals surface area contributed by atoms with Gasteiger partial charge in [-0.25, -0.2) is 8.60 Å². The van der Waals surface area contributed by atoms with Crippen LogP contribution in [0.2, 0.25) is 0 Å². The van der Waals surface area contributed by atoms with Crippen molar-refractivity contribution in [2.45, 2.75) is 4.90 Å². The van der Waals surface area contributed by atoms with Crippen molar-refractivity contribution in [1.29, 1.82) is 0 Å². The maximum absolute atomic E-state index is 11.7. The zero-order valence-electron chi connectivity index (χ0n) is 6.77. The van der Waals surface area contributed by atoms with Gasteiger partial charge in [-0.3, -0.25) is 0 Å². The van der Waals surface area contributed by atoms with E-state index in [9.17, 15) is 8.60 Å².